The molecule has 1 atom stereocenters. The van der Waals surface area contributed by atoms with E-state index in [1.807, 2.05) is 13.8 Å². The summed E-state index contributed by atoms with van der Waals surface area (Å²) in [4.78, 5) is 38.6. The molecule has 0 saturated carbocycles. The lowest BCUT2D eigenvalue weighted by atomic mass is 9.92. The van der Waals surface area contributed by atoms with Crippen LogP contribution in [0.5, 0.6) is 0 Å². The van der Waals surface area contributed by atoms with Crippen LogP contribution < -0.4 is 10.2 Å². The van der Waals surface area contributed by atoms with Gasteiger partial charge < -0.3 is 10.1 Å². The summed E-state index contributed by atoms with van der Waals surface area (Å²) in [7, 11) is 0. The molecule has 2 heterocycles. The van der Waals surface area contributed by atoms with Crippen molar-refractivity contribution in [1.29, 1.82) is 0 Å². The van der Waals surface area contributed by atoms with E-state index in [1.54, 1.807) is 24.3 Å². The molecule has 3 aliphatic rings. The molecule has 0 bridgehead atoms. The quantitative estimate of drug-likeness (QED) is 0.829. The van der Waals surface area contributed by atoms with Gasteiger partial charge in [0.25, 0.3) is 11.8 Å². The van der Waals surface area contributed by atoms with Crippen LogP contribution in [0.25, 0.3) is 0 Å². The standard InChI is InChI=1S/C20H22N2O4/c1-20(2)11-26-16(21-19(20)25)12-7-9-13(10-8-12)22-17(23)14-5-3-4-6-15(14)18(22)24/h7-10,16H,3-6,11H2,1-2H3,(H,21,25). The van der Waals surface area contributed by atoms with Gasteiger partial charge in [0.15, 0.2) is 6.23 Å². The van der Waals surface area contributed by atoms with Crippen molar-refractivity contribution < 1.29 is 19.1 Å². The van der Waals surface area contributed by atoms with Crippen molar-refractivity contribution in [2.45, 2.75) is 45.8 Å². The molecule has 0 spiro atoms. The van der Waals surface area contributed by atoms with Crippen LogP contribution in [-0.4, -0.2) is 24.3 Å². The van der Waals surface area contributed by atoms with Gasteiger partial charge in [-0.25, -0.2) is 4.90 Å². The minimum absolute atomic E-state index is 0.0559. The molecular formula is C20H22N2O4. The van der Waals surface area contributed by atoms with Gasteiger partial charge in [-0.2, -0.15) is 0 Å². The minimum atomic E-state index is -0.546. The van der Waals surface area contributed by atoms with Gasteiger partial charge >= 0.3 is 0 Å². The number of benzene rings is 1. The van der Waals surface area contributed by atoms with Gasteiger partial charge in [-0.05, 0) is 51.7 Å². The lowest BCUT2D eigenvalue weighted by Gasteiger charge is -2.34. The third-order valence-corrected chi connectivity index (χ3v) is 5.33. The summed E-state index contributed by atoms with van der Waals surface area (Å²) in [5.41, 5.74) is 2.15. The number of nitrogens with one attached hydrogen (secondary N) is 1. The maximum atomic E-state index is 12.6. The number of hydrogen-bond acceptors (Lipinski definition) is 4. The van der Waals surface area contributed by atoms with Gasteiger partial charge in [-0.3, -0.25) is 14.4 Å². The van der Waals surface area contributed by atoms with Crippen LogP contribution in [0.3, 0.4) is 0 Å². The van der Waals surface area contributed by atoms with Gasteiger partial charge in [0.1, 0.15) is 0 Å². The zero-order valence-corrected chi connectivity index (χ0v) is 15.0. The molecule has 4 rings (SSSR count). The van der Waals surface area contributed by atoms with E-state index >= 15 is 0 Å². The summed E-state index contributed by atoms with van der Waals surface area (Å²) in [6.07, 6.45) is 2.78. The lowest BCUT2D eigenvalue weighted by Crippen LogP contribution is -2.48. The van der Waals surface area contributed by atoms with Crippen LogP contribution in [0.2, 0.25) is 0 Å². The van der Waals surface area contributed by atoms with E-state index in [4.69, 9.17) is 4.74 Å². The summed E-state index contributed by atoms with van der Waals surface area (Å²) >= 11 is 0. The molecule has 1 saturated heterocycles. The molecule has 1 aliphatic carbocycles. The number of rotatable bonds is 2. The number of amides is 3. The van der Waals surface area contributed by atoms with Crippen molar-refractivity contribution >= 4 is 23.4 Å². The van der Waals surface area contributed by atoms with Crippen LogP contribution in [0.4, 0.5) is 5.69 Å². The van der Waals surface area contributed by atoms with E-state index in [0.29, 0.717) is 36.3 Å². The lowest BCUT2D eigenvalue weighted by molar-refractivity contribution is -0.150. The van der Waals surface area contributed by atoms with Crippen molar-refractivity contribution in [2.75, 3.05) is 11.5 Å². The predicted octanol–water partition coefficient (Wildman–Crippen LogP) is 2.60. The molecule has 0 aromatic heterocycles. The van der Waals surface area contributed by atoms with Gasteiger partial charge in [0.2, 0.25) is 5.91 Å². The van der Waals surface area contributed by atoms with Crippen LogP contribution in [0, 0.1) is 5.41 Å². The molecule has 2 aliphatic heterocycles. The zero-order valence-electron chi connectivity index (χ0n) is 15.0. The third kappa shape index (κ3) is 2.65. The van der Waals surface area contributed by atoms with E-state index in [1.165, 1.54) is 4.90 Å². The zero-order chi connectivity index (χ0) is 18.5. The minimum Gasteiger partial charge on any atom is -0.353 e. The van der Waals surface area contributed by atoms with Crippen molar-refractivity contribution in [3.05, 3.63) is 41.0 Å². The van der Waals surface area contributed by atoms with Crippen molar-refractivity contribution in [3.8, 4) is 0 Å². The fourth-order valence-corrected chi connectivity index (χ4v) is 3.67. The number of carbonyl (C=O) groups excluding carboxylic acids is 3. The maximum absolute atomic E-state index is 12.6. The first kappa shape index (κ1) is 17.0. The summed E-state index contributed by atoms with van der Waals surface area (Å²) < 4.78 is 5.75. The van der Waals surface area contributed by atoms with Gasteiger partial charge in [-0.1, -0.05) is 12.1 Å². The van der Waals surface area contributed by atoms with Crippen molar-refractivity contribution in [1.82, 2.24) is 5.32 Å². The fourth-order valence-electron chi connectivity index (χ4n) is 3.67. The first-order chi connectivity index (χ1) is 12.4. The van der Waals surface area contributed by atoms with Crippen LogP contribution >= 0.6 is 0 Å². The Kier molecular flexibility index (Phi) is 3.95. The third-order valence-electron chi connectivity index (χ3n) is 5.33. The molecule has 0 radical (unpaired) electrons. The Balaban J connectivity index is 1.53. The SMILES string of the molecule is CC1(C)COC(c2ccc(N3C(=O)C4=C(CCCC4)C3=O)cc2)NC1=O. The normalized spacial score (nSPS) is 25.4. The monoisotopic (exact) mass is 354 g/mol. The molecule has 26 heavy (non-hydrogen) atoms. The molecule has 1 fully saturated rings. The number of hydrogen-bond donors (Lipinski definition) is 1. The Bertz CT molecular complexity index is 795. The summed E-state index contributed by atoms with van der Waals surface area (Å²) in [5.74, 6) is -0.442. The molecule has 3 amide bonds. The highest BCUT2D eigenvalue weighted by molar-refractivity contribution is 6.33. The highest BCUT2D eigenvalue weighted by Gasteiger charge is 2.40. The van der Waals surface area contributed by atoms with Crippen LogP contribution in [0.15, 0.2) is 35.4 Å². The highest BCUT2D eigenvalue weighted by Crippen LogP contribution is 2.36. The summed E-state index contributed by atoms with van der Waals surface area (Å²) in [6.45, 7) is 4.01. The summed E-state index contributed by atoms with van der Waals surface area (Å²) in [6, 6.07) is 7.05. The molecule has 1 N–H and O–H groups in total. The maximum Gasteiger partial charge on any atom is 0.261 e. The van der Waals surface area contributed by atoms with Crippen LogP contribution in [-0.2, 0) is 19.1 Å². The molecule has 1 aromatic rings. The second kappa shape index (κ2) is 6.06. The van der Waals surface area contributed by atoms with E-state index < -0.39 is 11.6 Å². The van der Waals surface area contributed by atoms with E-state index in [9.17, 15) is 14.4 Å². The first-order valence-corrected chi connectivity index (χ1v) is 9.02. The Morgan fingerprint density at radius 2 is 1.58 bits per heavy atom. The highest BCUT2D eigenvalue weighted by atomic mass is 16.5. The molecule has 136 valence electrons. The predicted molar refractivity (Wildman–Crippen MR) is 95.0 cm³/mol. The molecule has 1 aromatic carbocycles. The topological polar surface area (TPSA) is 75.7 Å². The number of imide groups is 1. The number of nitrogens with zero attached hydrogens (tertiary/aromatic N) is 1. The van der Waals surface area contributed by atoms with Gasteiger partial charge in [-0.15, -0.1) is 0 Å². The molecular weight excluding hydrogens is 332 g/mol. The second-order valence-electron chi connectivity index (χ2n) is 7.75. The second-order valence-corrected chi connectivity index (χ2v) is 7.75. The first-order valence-electron chi connectivity index (χ1n) is 9.02. The van der Waals surface area contributed by atoms with Crippen molar-refractivity contribution in [2.24, 2.45) is 5.41 Å². The largest absolute Gasteiger partial charge is 0.353 e. The van der Waals surface area contributed by atoms with E-state index in [-0.39, 0.29) is 17.7 Å². The van der Waals surface area contributed by atoms with Gasteiger partial charge in [0, 0.05) is 16.7 Å². The summed E-state index contributed by atoms with van der Waals surface area (Å²) in [5, 5.41) is 2.85. The van der Waals surface area contributed by atoms with E-state index in [2.05, 4.69) is 5.32 Å². The fraction of sp³-hybridized carbons (Fsp3) is 0.450. The Morgan fingerprint density at radius 3 is 2.12 bits per heavy atom. The molecule has 6 nitrogen and oxygen atoms in total. The number of carbonyl (C=O) groups is 3. The number of ether oxygens (including phenoxy) is 1. The molecule has 1 unspecified atom stereocenters. The van der Waals surface area contributed by atoms with Crippen LogP contribution in [0.1, 0.15) is 51.3 Å². The average Bonchev–Trinajstić information content (AvgIpc) is 2.89. The molecule has 6 heteroatoms. The van der Waals surface area contributed by atoms with Gasteiger partial charge in [0.05, 0.1) is 17.7 Å². The van der Waals surface area contributed by atoms with Crippen molar-refractivity contribution in [3.63, 3.8) is 0 Å². The average molecular weight is 354 g/mol. The smallest absolute Gasteiger partial charge is 0.261 e. The number of anilines is 1. The Hall–Kier alpha value is -2.47. The Labute approximate surface area is 152 Å². The van der Waals surface area contributed by atoms with E-state index in [0.717, 1.165) is 18.4 Å². The Morgan fingerprint density at radius 1 is 1.00 bits per heavy atom.